The lowest BCUT2D eigenvalue weighted by atomic mass is 10.1. The molecule has 0 amide bonds. The van der Waals surface area contributed by atoms with Gasteiger partial charge in [-0.1, -0.05) is 28.1 Å². The lowest BCUT2D eigenvalue weighted by molar-refractivity contribution is 0.334. The average Bonchev–Trinajstić information content (AvgIpc) is 2.19. The van der Waals surface area contributed by atoms with Gasteiger partial charge in [-0.2, -0.15) is 0 Å². The first-order chi connectivity index (χ1) is 6.79. The van der Waals surface area contributed by atoms with Crippen LogP contribution in [-0.2, 0) is 6.42 Å². The van der Waals surface area contributed by atoms with E-state index in [1.54, 1.807) is 0 Å². The van der Waals surface area contributed by atoms with Gasteiger partial charge in [0.15, 0.2) is 0 Å². The molecule has 0 aromatic heterocycles. The normalized spacial score (nSPS) is 10.2. The minimum atomic E-state index is 0.737. The molecule has 0 aliphatic carbocycles. The maximum Gasteiger partial charge on any atom is 0.135 e. The molecular formula is C11H14BrIO. The number of hydrogen-bond donors (Lipinski definition) is 0. The molecule has 0 fully saturated rings. The molecule has 0 aliphatic heterocycles. The van der Waals surface area contributed by atoms with Crippen molar-refractivity contribution in [2.75, 3.05) is 11.9 Å². The van der Waals surface area contributed by atoms with Crippen LogP contribution in [0, 0.1) is 3.57 Å². The number of halogens is 2. The first-order valence-electron chi connectivity index (χ1n) is 4.75. The Labute approximate surface area is 107 Å². The second-order valence-electron chi connectivity index (χ2n) is 2.95. The zero-order valence-electron chi connectivity index (χ0n) is 8.22. The van der Waals surface area contributed by atoms with Crippen LogP contribution >= 0.6 is 38.5 Å². The summed E-state index contributed by atoms with van der Waals surface area (Å²) < 4.78 is 6.85. The van der Waals surface area contributed by atoms with E-state index in [0.717, 1.165) is 30.5 Å². The van der Waals surface area contributed by atoms with Crippen molar-refractivity contribution in [1.29, 1.82) is 0 Å². The van der Waals surface area contributed by atoms with E-state index in [-0.39, 0.29) is 0 Å². The Morgan fingerprint density at radius 3 is 2.86 bits per heavy atom. The molecule has 0 aliphatic rings. The van der Waals surface area contributed by atoms with Crippen molar-refractivity contribution in [3.63, 3.8) is 0 Å². The van der Waals surface area contributed by atoms with Crippen molar-refractivity contribution in [3.8, 4) is 5.75 Å². The minimum absolute atomic E-state index is 0.737. The van der Waals surface area contributed by atoms with Gasteiger partial charge in [-0.05, 0) is 54.0 Å². The maximum absolute atomic E-state index is 5.64. The second kappa shape index (κ2) is 6.67. The van der Waals surface area contributed by atoms with E-state index < -0.39 is 0 Å². The number of benzene rings is 1. The Kier molecular flexibility index (Phi) is 5.86. The molecule has 0 bridgehead atoms. The van der Waals surface area contributed by atoms with E-state index in [4.69, 9.17) is 4.74 Å². The summed E-state index contributed by atoms with van der Waals surface area (Å²) in [7, 11) is 0. The van der Waals surface area contributed by atoms with Crippen molar-refractivity contribution < 1.29 is 4.74 Å². The third-order valence-corrected chi connectivity index (χ3v) is 3.33. The molecule has 0 saturated carbocycles. The van der Waals surface area contributed by atoms with E-state index in [2.05, 4.69) is 56.7 Å². The van der Waals surface area contributed by atoms with E-state index in [9.17, 15) is 0 Å². The van der Waals surface area contributed by atoms with Crippen molar-refractivity contribution >= 4 is 38.5 Å². The first-order valence-corrected chi connectivity index (χ1v) is 6.95. The molecule has 1 aromatic carbocycles. The van der Waals surface area contributed by atoms with Gasteiger partial charge in [0.25, 0.3) is 0 Å². The van der Waals surface area contributed by atoms with E-state index in [0.29, 0.717) is 0 Å². The van der Waals surface area contributed by atoms with Crippen LogP contribution in [0.1, 0.15) is 18.9 Å². The molecule has 0 spiro atoms. The highest BCUT2D eigenvalue weighted by atomic mass is 127. The van der Waals surface area contributed by atoms with Gasteiger partial charge in [0, 0.05) is 5.33 Å². The second-order valence-corrected chi connectivity index (χ2v) is 4.91. The van der Waals surface area contributed by atoms with Crippen LogP contribution < -0.4 is 4.74 Å². The Morgan fingerprint density at radius 1 is 1.43 bits per heavy atom. The van der Waals surface area contributed by atoms with Crippen LogP contribution in [-0.4, -0.2) is 11.9 Å². The Morgan fingerprint density at radius 2 is 2.21 bits per heavy atom. The van der Waals surface area contributed by atoms with Gasteiger partial charge >= 0.3 is 0 Å². The van der Waals surface area contributed by atoms with Crippen LogP contribution in [0.25, 0.3) is 0 Å². The van der Waals surface area contributed by atoms with Gasteiger partial charge in [-0.25, -0.2) is 0 Å². The van der Waals surface area contributed by atoms with E-state index in [1.165, 1.54) is 9.13 Å². The summed E-state index contributed by atoms with van der Waals surface area (Å²) in [5, 5.41) is 1.05. The fourth-order valence-corrected chi connectivity index (χ4v) is 2.30. The van der Waals surface area contributed by atoms with Crippen LogP contribution in [0.5, 0.6) is 5.75 Å². The lowest BCUT2D eigenvalue weighted by Gasteiger charge is -2.11. The van der Waals surface area contributed by atoms with Crippen molar-refractivity contribution in [2.24, 2.45) is 0 Å². The Bertz CT molecular complexity index is 289. The summed E-state index contributed by atoms with van der Waals surface area (Å²) in [4.78, 5) is 0. The summed E-state index contributed by atoms with van der Waals surface area (Å²) in [5.74, 6) is 1.07. The fourth-order valence-electron chi connectivity index (χ4n) is 1.31. The predicted molar refractivity (Wildman–Crippen MR) is 72.4 cm³/mol. The lowest BCUT2D eigenvalue weighted by Crippen LogP contribution is -1.99. The van der Waals surface area contributed by atoms with Crippen LogP contribution in [0.2, 0.25) is 0 Å². The smallest absolute Gasteiger partial charge is 0.135 e. The summed E-state index contributed by atoms with van der Waals surface area (Å²) in [5.41, 5.74) is 1.32. The molecule has 0 heterocycles. The molecule has 0 N–H and O–H groups in total. The molecule has 14 heavy (non-hydrogen) atoms. The van der Waals surface area contributed by atoms with Crippen molar-refractivity contribution in [3.05, 3.63) is 27.3 Å². The summed E-state index contributed by atoms with van der Waals surface area (Å²) in [6.45, 7) is 2.76. The van der Waals surface area contributed by atoms with Gasteiger partial charge in [0.1, 0.15) is 5.75 Å². The SMILES string of the molecule is CCOc1c(I)cccc1CCCBr. The van der Waals surface area contributed by atoms with Gasteiger partial charge < -0.3 is 4.74 Å². The highest BCUT2D eigenvalue weighted by Gasteiger charge is 2.06. The zero-order valence-corrected chi connectivity index (χ0v) is 12.0. The summed E-state index contributed by atoms with van der Waals surface area (Å²) in [6, 6.07) is 6.33. The monoisotopic (exact) mass is 368 g/mol. The van der Waals surface area contributed by atoms with Crippen LogP contribution in [0.4, 0.5) is 0 Å². The molecule has 1 rings (SSSR count). The largest absolute Gasteiger partial charge is 0.492 e. The zero-order chi connectivity index (χ0) is 10.4. The molecule has 0 unspecified atom stereocenters. The Hall–Kier alpha value is 0.230. The number of aryl methyl sites for hydroxylation is 1. The third kappa shape index (κ3) is 3.42. The van der Waals surface area contributed by atoms with Crippen LogP contribution in [0.3, 0.4) is 0 Å². The molecule has 0 saturated heterocycles. The van der Waals surface area contributed by atoms with Gasteiger partial charge in [0.05, 0.1) is 10.2 Å². The van der Waals surface area contributed by atoms with Gasteiger partial charge in [-0.15, -0.1) is 0 Å². The molecule has 3 heteroatoms. The summed E-state index contributed by atoms with van der Waals surface area (Å²) >= 11 is 5.77. The number of para-hydroxylation sites is 1. The molecule has 0 atom stereocenters. The average molecular weight is 369 g/mol. The van der Waals surface area contributed by atoms with E-state index >= 15 is 0 Å². The van der Waals surface area contributed by atoms with Crippen molar-refractivity contribution in [2.45, 2.75) is 19.8 Å². The number of ether oxygens (including phenoxy) is 1. The quantitative estimate of drug-likeness (QED) is 0.563. The maximum atomic E-state index is 5.64. The number of rotatable bonds is 5. The highest BCUT2D eigenvalue weighted by Crippen LogP contribution is 2.26. The summed E-state index contributed by atoms with van der Waals surface area (Å²) in [6.07, 6.45) is 2.23. The Balaban J connectivity index is 2.83. The highest BCUT2D eigenvalue weighted by molar-refractivity contribution is 14.1. The topological polar surface area (TPSA) is 9.23 Å². The van der Waals surface area contributed by atoms with Crippen LogP contribution in [0.15, 0.2) is 18.2 Å². The van der Waals surface area contributed by atoms with E-state index in [1.807, 2.05) is 6.92 Å². The molecular weight excluding hydrogens is 355 g/mol. The number of alkyl halides is 1. The molecule has 0 radical (unpaired) electrons. The fraction of sp³-hybridized carbons (Fsp3) is 0.455. The van der Waals surface area contributed by atoms with Crippen molar-refractivity contribution in [1.82, 2.24) is 0 Å². The molecule has 78 valence electrons. The molecule has 1 aromatic rings. The third-order valence-electron chi connectivity index (χ3n) is 1.92. The standard InChI is InChI=1S/C11H14BrIO/c1-2-14-11-9(6-4-8-12)5-3-7-10(11)13/h3,5,7H,2,4,6,8H2,1H3. The molecule has 1 nitrogen and oxygen atoms in total. The predicted octanol–water partition coefficient (Wildman–Crippen LogP) is 4.02. The van der Waals surface area contributed by atoms with Gasteiger partial charge in [0.2, 0.25) is 0 Å². The minimum Gasteiger partial charge on any atom is -0.492 e. The number of hydrogen-bond acceptors (Lipinski definition) is 1. The first kappa shape index (κ1) is 12.3. The van der Waals surface area contributed by atoms with Gasteiger partial charge in [-0.3, -0.25) is 0 Å².